The second-order valence-corrected chi connectivity index (χ2v) is 2.83. The number of hydrogen-bond donors (Lipinski definition) is 1. The van der Waals surface area contributed by atoms with Crippen LogP contribution >= 0.6 is 35.6 Å². The quantitative estimate of drug-likeness (QED) is 0.785. The highest BCUT2D eigenvalue weighted by molar-refractivity contribution is 6.35. The van der Waals surface area contributed by atoms with Crippen molar-refractivity contribution in [2.24, 2.45) is 5.73 Å². The summed E-state index contributed by atoms with van der Waals surface area (Å²) in [6.07, 6.45) is 0. The summed E-state index contributed by atoms with van der Waals surface area (Å²) in [6.45, 7) is 0. The minimum absolute atomic E-state index is 0. The first-order valence-electron chi connectivity index (χ1n) is 2.86. The topological polar surface area (TPSA) is 43.1 Å². The molecule has 0 fully saturated rings. The van der Waals surface area contributed by atoms with Crippen molar-refractivity contribution < 1.29 is 4.79 Å². The molecule has 0 saturated carbocycles. The summed E-state index contributed by atoms with van der Waals surface area (Å²) in [5, 5.41) is 0.769. The second kappa shape index (κ2) is 4.55. The Morgan fingerprint density at radius 2 is 1.92 bits per heavy atom. The lowest BCUT2D eigenvalue weighted by Gasteiger charge is -1.98. The smallest absolute Gasteiger partial charge is 0.250 e. The summed E-state index contributed by atoms with van der Waals surface area (Å²) in [6, 6.07) is 4.56. The molecule has 2 N–H and O–H groups in total. The molecule has 1 amide bonds. The molecule has 0 saturated heterocycles. The molecule has 0 atom stereocenters. The normalized spacial score (nSPS) is 8.83. The first-order valence-corrected chi connectivity index (χ1v) is 3.61. The number of carbonyl (C=O) groups is 1. The van der Waals surface area contributed by atoms with E-state index in [1.54, 1.807) is 6.07 Å². The summed E-state index contributed by atoms with van der Waals surface area (Å²) in [5.74, 6) is -0.572. The molecule has 0 aromatic heterocycles. The molecule has 0 heterocycles. The number of primary amides is 1. The van der Waals surface area contributed by atoms with Crippen molar-refractivity contribution in [3.8, 4) is 0 Å². The lowest BCUT2D eigenvalue weighted by Crippen LogP contribution is -2.11. The van der Waals surface area contributed by atoms with Crippen molar-refractivity contribution in [3.05, 3.63) is 33.8 Å². The minimum Gasteiger partial charge on any atom is -0.366 e. The molecule has 0 aliphatic heterocycles. The maximum absolute atomic E-state index is 10.7. The number of amides is 1. The zero-order chi connectivity index (χ0) is 8.43. The zero-order valence-electron chi connectivity index (χ0n) is 5.88. The highest BCUT2D eigenvalue weighted by Gasteiger charge is 2.05. The van der Waals surface area contributed by atoms with Crippen LogP contribution in [0.25, 0.3) is 0 Å². The lowest BCUT2D eigenvalue weighted by atomic mass is 10.2. The highest BCUT2D eigenvalue weighted by Crippen LogP contribution is 2.19. The average Bonchev–Trinajstić information content (AvgIpc) is 1.94. The number of nitrogens with two attached hydrogens (primary N) is 1. The van der Waals surface area contributed by atoms with Gasteiger partial charge in [0.05, 0.1) is 10.6 Å². The Labute approximate surface area is 86.1 Å². The third-order valence-electron chi connectivity index (χ3n) is 1.19. The summed E-state index contributed by atoms with van der Waals surface area (Å²) in [5.41, 5.74) is 5.25. The van der Waals surface area contributed by atoms with Gasteiger partial charge in [0.15, 0.2) is 0 Å². The molecule has 2 nitrogen and oxygen atoms in total. The first kappa shape index (κ1) is 11.6. The van der Waals surface area contributed by atoms with E-state index in [0.717, 1.165) is 0 Å². The van der Waals surface area contributed by atoms with Crippen molar-refractivity contribution in [3.63, 3.8) is 0 Å². The Bertz CT molecular complexity index is 301. The molecule has 1 aromatic rings. The molecule has 66 valence electrons. The standard InChI is InChI=1S/C7H5Cl2NO.ClH/c8-4-1-2-6(9)5(3-4)7(10)11;/h1-3H,(H2,10,11);1H. The fourth-order valence-corrected chi connectivity index (χ4v) is 1.07. The molecule has 0 radical (unpaired) electrons. The van der Waals surface area contributed by atoms with Crippen molar-refractivity contribution in [2.45, 2.75) is 0 Å². The van der Waals surface area contributed by atoms with E-state index < -0.39 is 5.91 Å². The third-order valence-corrected chi connectivity index (χ3v) is 1.76. The fraction of sp³-hybridized carbons (Fsp3) is 0. The van der Waals surface area contributed by atoms with Gasteiger partial charge in [0.25, 0.3) is 0 Å². The predicted molar refractivity (Wildman–Crippen MR) is 52.2 cm³/mol. The molecule has 12 heavy (non-hydrogen) atoms. The van der Waals surface area contributed by atoms with Crippen molar-refractivity contribution >= 4 is 41.5 Å². The van der Waals surface area contributed by atoms with E-state index in [-0.39, 0.29) is 18.0 Å². The van der Waals surface area contributed by atoms with Crippen LogP contribution in [0.4, 0.5) is 0 Å². The Kier molecular flexibility index (Phi) is 4.39. The fourth-order valence-electron chi connectivity index (χ4n) is 0.686. The molecule has 1 aromatic carbocycles. The van der Waals surface area contributed by atoms with Crippen LogP contribution in [0.1, 0.15) is 10.4 Å². The summed E-state index contributed by atoms with van der Waals surface area (Å²) >= 11 is 11.2. The van der Waals surface area contributed by atoms with Gasteiger partial charge in [-0.15, -0.1) is 12.4 Å². The second-order valence-electron chi connectivity index (χ2n) is 1.99. The Morgan fingerprint density at radius 1 is 1.33 bits per heavy atom. The van der Waals surface area contributed by atoms with E-state index in [1.165, 1.54) is 12.1 Å². The van der Waals surface area contributed by atoms with Crippen molar-refractivity contribution in [2.75, 3.05) is 0 Å². The molecule has 0 aliphatic rings. The number of halogens is 3. The van der Waals surface area contributed by atoms with Gasteiger partial charge in [-0.05, 0) is 18.2 Å². The van der Waals surface area contributed by atoms with Crippen LogP contribution in [0.5, 0.6) is 0 Å². The van der Waals surface area contributed by atoms with E-state index in [2.05, 4.69) is 0 Å². The number of benzene rings is 1. The molecule has 0 bridgehead atoms. The first-order chi connectivity index (χ1) is 5.11. The van der Waals surface area contributed by atoms with Crippen LogP contribution in [-0.4, -0.2) is 5.91 Å². The van der Waals surface area contributed by atoms with E-state index in [4.69, 9.17) is 28.9 Å². The van der Waals surface area contributed by atoms with Gasteiger partial charge in [0, 0.05) is 5.02 Å². The van der Waals surface area contributed by atoms with Crippen LogP contribution in [0.15, 0.2) is 18.2 Å². The van der Waals surface area contributed by atoms with Gasteiger partial charge in [-0.3, -0.25) is 4.79 Å². The largest absolute Gasteiger partial charge is 0.366 e. The summed E-state index contributed by atoms with van der Waals surface area (Å²) in [7, 11) is 0. The van der Waals surface area contributed by atoms with E-state index in [0.29, 0.717) is 10.0 Å². The third kappa shape index (κ3) is 2.55. The van der Waals surface area contributed by atoms with Gasteiger partial charge < -0.3 is 5.73 Å². The molecule has 0 spiro atoms. The monoisotopic (exact) mass is 225 g/mol. The average molecular weight is 226 g/mol. The molecular weight excluding hydrogens is 220 g/mol. The summed E-state index contributed by atoms with van der Waals surface area (Å²) in [4.78, 5) is 10.7. The maximum Gasteiger partial charge on any atom is 0.250 e. The van der Waals surface area contributed by atoms with Crippen LogP contribution < -0.4 is 5.73 Å². The van der Waals surface area contributed by atoms with E-state index >= 15 is 0 Å². The van der Waals surface area contributed by atoms with Gasteiger partial charge in [-0.25, -0.2) is 0 Å². The molecule has 0 unspecified atom stereocenters. The van der Waals surface area contributed by atoms with Crippen molar-refractivity contribution in [1.82, 2.24) is 0 Å². The highest BCUT2D eigenvalue weighted by atomic mass is 35.5. The predicted octanol–water partition coefficient (Wildman–Crippen LogP) is 2.51. The van der Waals surface area contributed by atoms with Gasteiger partial charge in [-0.2, -0.15) is 0 Å². The van der Waals surface area contributed by atoms with Crippen LogP contribution in [0, 0.1) is 0 Å². The molecule has 1 rings (SSSR count). The van der Waals surface area contributed by atoms with Crippen molar-refractivity contribution in [1.29, 1.82) is 0 Å². The minimum atomic E-state index is -0.572. The Balaban J connectivity index is 0.00000121. The van der Waals surface area contributed by atoms with E-state index in [1.807, 2.05) is 0 Å². The Morgan fingerprint density at radius 3 is 2.33 bits per heavy atom. The summed E-state index contributed by atoms with van der Waals surface area (Å²) < 4.78 is 0. The van der Waals surface area contributed by atoms with Gasteiger partial charge in [0.1, 0.15) is 0 Å². The van der Waals surface area contributed by atoms with Gasteiger partial charge >= 0.3 is 0 Å². The SMILES string of the molecule is Cl.NC(=O)c1cc(Cl)ccc1Cl. The Hall–Kier alpha value is -0.440. The maximum atomic E-state index is 10.7. The molecular formula is C7H6Cl3NO. The molecule has 5 heteroatoms. The van der Waals surface area contributed by atoms with Crippen LogP contribution in [-0.2, 0) is 0 Å². The lowest BCUT2D eigenvalue weighted by molar-refractivity contribution is 0.100. The molecule has 0 aliphatic carbocycles. The van der Waals surface area contributed by atoms with Gasteiger partial charge in [0.2, 0.25) is 5.91 Å². The van der Waals surface area contributed by atoms with Crippen LogP contribution in [0.2, 0.25) is 10.0 Å². The van der Waals surface area contributed by atoms with E-state index in [9.17, 15) is 4.79 Å². The number of hydrogen-bond acceptors (Lipinski definition) is 1. The zero-order valence-corrected chi connectivity index (χ0v) is 8.21. The van der Waals surface area contributed by atoms with Crippen LogP contribution in [0.3, 0.4) is 0 Å². The van der Waals surface area contributed by atoms with Gasteiger partial charge in [-0.1, -0.05) is 23.2 Å². The number of carbonyl (C=O) groups excluding carboxylic acids is 1. The number of rotatable bonds is 1.